The first-order valence-corrected chi connectivity index (χ1v) is 10.1. The van der Waals surface area contributed by atoms with Gasteiger partial charge in [-0.2, -0.15) is 4.31 Å². The number of hydrogen-bond acceptors (Lipinski definition) is 3. The number of piperidine rings is 1. The molecule has 1 aliphatic carbocycles. The van der Waals surface area contributed by atoms with E-state index in [1.54, 1.807) is 0 Å². The van der Waals surface area contributed by atoms with Crippen LogP contribution in [0.5, 0.6) is 0 Å². The lowest BCUT2D eigenvalue weighted by Gasteiger charge is -2.34. The molecule has 6 heteroatoms. The molecule has 1 amide bonds. The summed E-state index contributed by atoms with van der Waals surface area (Å²) in [5, 5.41) is 3.11. The van der Waals surface area contributed by atoms with Crippen molar-refractivity contribution in [1.29, 1.82) is 0 Å². The van der Waals surface area contributed by atoms with Crippen molar-refractivity contribution in [3.63, 3.8) is 0 Å². The summed E-state index contributed by atoms with van der Waals surface area (Å²) in [7, 11) is -3.30. The highest BCUT2D eigenvalue weighted by Crippen LogP contribution is 2.22. The quantitative estimate of drug-likeness (QED) is 0.866. The van der Waals surface area contributed by atoms with Crippen LogP contribution in [0.25, 0.3) is 0 Å². The second kappa shape index (κ2) is 7.58. The Balaban J connectivity index is 1.96. The Morgan fingerprint density at radius 2 is 1.52 bits per heavy atom. The lowest BCUT2D eigenvalue weighted by atomic mass is 9.96. The molecule has 0 radical (unpaired) electrons. The molecule has 5 nitrogen and oxygen atoms in total. The average Bonchev–Trinajstić information content (AvgIpc) is 2.40. The smallest absolute Gasteiger partial charge is 0.238 e. The Bertz CT molecular complexity index is 442. The third kappa shape index (κ3) is 4.95. The number of amides is 1. The summed E-state index contributed by atoms with van der Waals surface area (Å²) in [5.41, 5.74) is 0. The minimum absolute atomic E-state index is 0.0919. The standard InChI is InChI=1S/C15H28N2O3S/c1-21(19,20)17-12-8-7-11-14(17)15(18)16-13-9-5-3-2-4-6-10-13/h13-14H,2-12H2,1H3,(H,16,18)/t14-/m1/s1. The van der Waals surface area contributed by atoms with Crippen molar-refractivity contribution in [2.45, 2.75) is 76.3 Å². The summed E-state index contributed by atoms with van der Waals surface area (Å²) >= 11 is 0. The first kappa shape index (κ1) is 16.7. The predicted octanol–water partition coefficient (Wildman–Crippen LogP) is 2.03. The maximum Gasteiger partial charge on any atom is 0.238 e. The highest BCUT2D eigenvalue weighted by molar-refractivity contribution is 7.88. The molecule has 0 aromatic heterocycles. The van der Waals surface area contributed by atoms with Crippen LogP contribution in [0.2, 0.25) is 0 Å². The van der Waals surface area contributed by atoms with Crippen molar-refractivity contribution < 1.29 is 13.2 Å². The van der Waals surface area contributed by atoms with E-state index >= 15 is 0 Å². The van der Waals surface area contributed by atoms with Crippen LogP contribution in [0, 0.1) is 0 Å². The highest BCUT2D eigenvalue weighted by Gasteiger charge is 2.35. The molecule has 2 aliphatic rings. The van der Waals surface area contributed by atoms with Crippen LogP contribution in [0.3, 0.4) is 0 Å². The van der Waals surface area contributed by atoms with Gasteiger partial charge in [0, 0.05) is 12.6 Å². The first-order valence-electron chi connectivity index (χ1n) is 8.25. The minimum atomic E-state index is -3.30. The van der Waals surface area contributed by atoms with Crippen molar-refractivity contribution in [3.05, 3.63) is 0 Å². The number of nitrogens with zero attached hydrogens (tertiary/aromatic N) is 1. The molecule has 0 aromatic carbocycles. The molecule has 1 saturated carbocycles. The van der Waals surface area contributed by atoms with E-state index in [-0.39, 0.29) is 11.9 Å². The number of carbonyl (C=O) groups is 1. The fraction of sp³-hybridized carbons (Fsp3) is 0.933. The van der Waals surface area contributed by atoms with Crippen molar-refractivity contribution >= 4 is 15.9 Å². The zero-order chi connectivity index (χ0) is 15.3. The van der Waals surface area contributed by atoms with Gasteiger partial charge in [0.25, 0.3) is 0 Å². The molecule has 1 aliphatic heterocycles. The molecule has 2 fully saturated rings. The van der Waals surface area contributed by atoms with E-state index in [1.165, 1.54) is 29.8 Å². The largest absolute Gasteiger partial charge is 0.352 e. The first-order chi connectivity index (χ1) is 9.98. The molecule has 2 rings (SSSR count). The molecule has 0 bridgehead atoms. The van der Waals surface area contributed by atoms with E-state index in [0.29, 0.717) is 13.0 Å². The van der Waals surface area contributed by atoms with Gasteiger partial charge >= 0.3 is 0 Å². The van der Waals surface area contributed by atoms with Gasteiger partial charge in [0.1, 0.15) is 6.04 Å². The second-order valence-corrected chi connectivity index (χ2v) is 8.37. The Morgan fingerprint density at radius 3 is 2.14 bits per heavy atom. The van der Waals surface area contributed by atoms with E-state index in [1.807, 2.05) is 0 Å². The van der Waals surface area contributed by atoms with E-state index in [4.69, 9.17) is 0 Å². The molecular formula is C15H28N2O3S. The number of nitrogens with one attached hydrogen (secondary N) is 1. The van der Waals surface area contributed by atoms with Crippen LogP contribution in [-0.2, 0) is 14.8 Å². The van der Waals surface area contributed by atoms with E-state index in [9.17, 15) is 13.2 Å². The number of carbonyl (C=O) groups excluding carboxylic acids is 1. The highest BCUT2D eigenvalue weighted by atomic mass is 32.2. The number of rotatable bonds is 3. The van der Waals surface area contributed by atoms with Gasteiger partial charge < -0.3 is 5.32 Å². The van der Waals surface area contributed by atoms with Gasteiger partial charge in [-0.05, 0) is 25.7 Å². The molecular weight excluding hydrogens is 288 g/mol. The summed E-state index contributed by atoms with van der Waals surface area (Å²) in [5.74, 6) is -0.0919. The van der Waals surface area contributed by atoms with Crippen molar-refractivity contribution in [1.82, 2.24) is 9.62 Å². The van der Waals surface area contributed by atoms with Crippen LogP contribution in [0.1, 0.15) is 64.2 Å². The van der Waals surface area contributed by atoms with Crippen molar-refractivity contribution in [2.75, 3.05) is 12.8 Å². The van der Waals surface area contributed by atoms with Gasteiger partial charge in [-0.15, -0.1) is 0 Å². The second-order valence-electron chi connectivity index (χ2n) is 6.44. The zero-order valence-corrected chi connectivity index (χ0v) is 13.8. The molecule has 1 atom stereocenters. The lowest BCUT2D eigenvalue weighted by Crippen LogP contribution is -2.53. The fourth-order valence-corrected chi connectivity index (χ4v) is 4.59. The Morgan fingerprint density at radius 1 is 0.952 bits per heavy atom. The van der Waals surface area contributed by atoms with E-state index < -0.39 is 16.1 Å². The maximum atomic E-state index is 12.5. The van der Waals surface area contributed by atoms with Crippen LogP contribution in [-0.4, -0.2) is 43.5 Å². The molecule has 0 aromatic rings. The maximum absolute atomic E-state index is 12.5. The van der Waals surface area contributed by atoms with Crippen LogP contribution in [0.4, 0.5) is 0 Å². The van der Waals surface area contributed by atoms with Gasteiger partial charge in [0.2, 0.25) is 15.9 Å². The number of sulfonamides is 1. The topological polar surface area (TPSA) is 66.5 Å². The summed E-state index contributed by atoms with van der Waals surface area (Å²) in [6.07, 6.45) is 11.8. The van der Waals surface area contributed by atoms with Gasteiger partial charge in [0.05, 0.1) is 6.26 Å². The average molecular weight is 316 g/mol. The SMILES string of the molecule is CS(=O)(=O)N1CCCC[C@@H]1C(=O)NC1CCCCCCC1. The summed E-state index contributed by atoms with van der Waals surface area (Å²) in [6, 6.07) is -0.277. The molecule has 122 valence electrons. The molecule has 1 heterocycles. The summed E-state index contributed by atoms with van der Waals surface area (Å²) in [6.45, 7) is 0.474. The molecule has 0 spiro atoms. The lowest BCUT2D eigenvalue weighted by molar-refractivity contribution is -0.126. The summed E-state index contributed by atoms with van der Waals surface area (Å²) in [4.78, 5) is 12.5. The Hall–Kier alpha value is -0.620. The number of hydrogen-bond donors (Lipinski definition) is 1. The molecule has 1 N–H and O–H groups in total. The van der Waals surface area contributed by atoms with Gasteiger partial charge in [0.15, 0.2) is 0 Å². The normalized spacial score (nSPS) is 26.8. The van der Waals surface area contributed by atoms with Gasteiger partial charge in [-0.1, -0.05) is 38.5 Å². The molecule has 1 saturated heterocycles. The Kier molecular flexibility index (Phi) is 6.05. The van der Waals surface area contributed by atoms with Gasteiger partial charge in [-0.25, -0.2) is 8.42 Å². The fourth-order valence-electron chi connectivity index (χ4n) is 3.46. The van der Waals surface area contributed by atoms with Crippen LogP contribution >= 0.6 is 0 Å². The van der Waals surface area contributed by atoms with Crippen molar-refractivity contribution in [2.24, 2.45) is 0 Å². The van der Waals surface area contributed by atoms with Crippen LogP contribution in [0.15, 0.2) is 0 Å². The summed E-state index contributed by atoms with van der Waals surface area (Å²) < 4.78 is 25.1. The third-order valence-electron chi connectivity index (χ3n) is 4.63. The zero-order valence-electron chi connectivity index (χ0n) is 13.0. The van der Waals surface area contributed by atoms with Crippen molar-refractivity contribution in [3.8, 4) is 0 Å². The van der Waals surface area contributed by atoms with Gasteiger partial charge in [-0.3, -0.25) is 4.79 Å². The monoisotopic (exact) mass is 316 g/mol. The van der Waals surface area contributed by atoms with E-state index in [2.05, 4.69) is 5.32 Å². The molecule has 21 heavy (non-hydrogen) atoms. The van der Waals surface area contributed by atoms with Crippen LogP contribution < -0.4 is 5.32 Å². The van der Waals surface area contributed by atoms with E-state index in [0.717, 1.165) is 38.5 Å². The molecule has 0 unspecified atom stereocenters. The minimum Gasteiger partial charge on any atom is -0.352 e. The predicted molar refractivity (Wildman–Crippen MR) is 83.4 cm³/mol. The Labute approximate surface area is 128 Å². The third-order valence-corrected chi connectivity index (χ3v) is 5.92.